The quantitative estimate of drug-likeness (QED) is 0.468. The van der Waals surface area contributed by atoms with E-state index in [4.69, 9.17) is 16.6 Å². The van der Waals surface area contributed by atoms with Gasteiger partial charge in [-0.1, -0.05) is 35.9 Å². The zero-order valence-corrected chi connectivity index (χ0v) is 16.4. The van der Waals surface area contributed by atoms with E-state index < -0.39 is 0 Å². The molecule has 5 rings (SSSR count). The van der Waals surface area contributed by atoms with Crippen LogP contribution in [0.1, 0.15) is 21.5 Å². The van der Waals surface area contributed by atoms with Gasteiger partial charge in [0.1, 0.15) is 0 Å². The number of aromatic nitrogens is 2. The minimum atomic E-state index is -0.000639. The van der Waals surface area contributed by atoms with Crippen molar-refractivity contribution in [3.63, 3.8) is 0 Å². The van der Waals surface area contributed by atoms with Crippen LogP contribution in [0.4, 0.5) is 0 Å². The molecule has 1 aliphatic rings. The van der Waals surface area contributed by atoms with Gasteiger partial charge in [0.05, 0.1) is 16.8 Å². The van der Waals surface area contributed by atoms with Crippen molar-refractivity contribution >= 4 is 28.4 Å². The highest BCUT2D eigenvalue weighted by molar-refractivity contribution is 6.31. The topological polar surface area (TPSA) is 46.1 Å². The van der Waals surface area contributed by atoms with Gasteiger partial charge in [-0.2, -0.15) is 0 Å². The highest BCUT2D eigenvalue weighted by Crippen LogP contribution is 2.29. The van der Waals surface area contributed by atoms with Crippen molar-refractivity contribution in [3.8, 4) is 11.3 Å². The van der Waals surface area contributed by atoms with Gasteiger partial charge in [0.15, 0.2) is 0 Å². The van der Waals surface area contributed by atoms with Gasteiger partial charge in [0.25, 0.3) is 5.91 Å². The normalized spacial score (nSPS) is 13.3. The first kappa shape index (κ1) is 17.8. The Morgan fingerprint density at radius 2 is 1.86 bits per heavy atom. The number of hydrogen-bond donors (Lipinski definition) is 0. The van der Waals surface area contributed by atoms with Crippen LogP contribution in [0, 0.1) is 0 Å². The first-order valence-electron chi connectivity index (χ1n) is 9.56. The summed E-state index contributed by atoms with van der Waals surface area (Å²) in [6, 6.07) is 19.5. The monoisotopic (exact) mass is 399 g/mol. The average molecular weight is 400 g/mol. The predicted molar refractivity (Wildman–Crippen MR) is 115 cm³/mol. The van der Waals surface area contributed by atoms with Crippen LogP contribution in [-0.2, 0) is 13.0 Å². The highest BCUT2D eigenvalue weighted by Gasteiger charge is 2.24. The van der Waals surface area contributed by atoms with Crippen molar-refractivity contribution in [1.29, 1.82) is 0 Å². The average Bonchev–Trinajstić information content (AvgIpc) is 2.78. The number of rotatable bonds is 2. The van der Waals surface area contributed by atoms with Crippen LogP contribution in [0.5, 0.6) is 0 Å². The largest absolute Gasteiger partial charge is 0.334 e. The number of carbonyl (C=O) groups excluding carboxylic acids is 1. The number of pyridine rings is 2. The van der Waals surface area contributed by atoms with Gasteiger partial charge in [0, 0.05) is 41.5 Å². The molecular formula is C24H18ClN3O. The Morgan fingerprint density at radius 3 is 2.69 bits per heavy atom. The number of fused-ring (bicyclic) bond motifs is 2. The number of carbonyl (C=O) groups is 1. The fourth-order valence-electron chi connectivity index (χ4n) is 3.88. The van der Waals surface area contributed by atoms with Gasteiger partial charge in [-0.3, -0.25) is 9.78 Å². The SMILES string of the molecule is O=C(c1cc(-c2cccnc2)nc2ccc(Cl)cc12)N1CCc2ccccc2C1. The molecule has 3 heterocycles. The minimum Gasteiger partial charge on any atom is -0.334 e. The first-order chi connectivity index (χ1) is 14.2. The zero-order valence-electron chi connectivity index (χ0n) is 15.7. The summed E-state index contributed by atoms with van der Waals surface area (Å²) in [7, 11) is 0. The maximum absolute atomic E-state index is 13.6. The third-order valence-corrected chi connectivity index (χ3v) is 5.61. The van der Waals surface area contributed by atoms with Gasteiger partial charge >= 0.3 is 0 Å². The summed E-state index contributed by atoms with van der Waals surface area (Å²) in [5.74, 6) is -0.000639. The van der Waals surface area contributed by atoms with E-state index in [1.807, 2.05) is 41.3 Å². The zero-order chi connectivity index (χ0) is 19.8. The third kappa shape index (κ3) is 3.36. The summed E-state index contributed by atoms with van der Waals surface area (Å²) in [6.07, 6.45) is 4.35. The molecule has 1 aliphatic heterocycles. The molecule has 0 radical (unpaired) electrons. The molecule has 4 aromatic rings. The van der Waals surface area contributed by atoms with Crippen LogP contribution < -0.4 is 0 Å². The molecule has 142 valence electrons. The van der Waals surface area contributed by atoms with E-state index in [-0.39, 0.29) is 5.91 Å². The minimum absolute atomic E-state index is 0.000639. The molecule has 4 nitrogen and oxygen atoms in total. The summed E-state index contributed by atoms with van der Waals surface area (Å²) in [5, 5.41) is 1.36. The van der Waals surface area contributed by atoms with E-state index in [2.05, 4.69) is 23.2 Å². The van der Waals surface area contributed by atoms with Crippen LogP contribution in [0.2, 0.25) is 5.02 Å². The van der Waals surface area contributed by atoms with Crippen LogP contribution >= 0.6 is 11.6 Å². The van der Waals surface area contributed by atoms with E-state index in [1.54, 1.807) is 18.5 Å². The smallest absolute Gasteiger partial charge is 0.254 e. The van der Waals surface area contributed by atoms with Crippen molar-refractivity contribution in [1.82, 2.24) is 14.9 Å². The van der Waals surface area contributed by atoms with E-state index in [0.717, 1.165) is 28.6 Å². The Labute approximate surface area is 173 Å². The van der Waals surface area contributed by atoms with Gasteiger partial charge in [-0.25, -0.2) is 4.98 Å². The fourth-order valence-corrected chi connectivity index (χ4v) is 4.05. The number of halogens is 1. The lowest BCUT2D eigenvalue weighted by atomic mass is 9.98. The molecule has 0 N–H and O–H groups in total. The Hall–Kier alpha value is -3.24. The van der Waals surface area contributed by atoms with Gasteiger partial charge in [0.2, 0.25) is 0 Å². The van der Waals surface area contributed by atoms with Crippen LogP contribution in [0.15, 0.2) is 73.1 Å². The molecular weight excluding hydrogens is 382 g/mol. The molecule has 0 spiro atoms. The van der Waals surface area contributed by atoms with E-state index >= 15 is 0 Å². The molecule has 29 heavy (non-hydrogen) atoms. The summed E-state index contributed by atoms with van der Waals surface area (Å²) in [6.45, 7) is 1.31. The summed E-state index contributed by atoms with van der Waals surface area (Å²) >= 11 is 6.24. The van der Waals surface area contributed by atoms with E-state index in [1.165, 1.54) is 11.1 Å². The molecule has 0 unspecified atom stereocenters. The fraction of sp³-hybridized carbons (Fsp3) is 0.125. The number of benzene rings is 2. The van der Waals surface area contributed by atoms with Crippen molar-refractivity contribution < 1.29 is 4.79 Å². The van der Waals surface area contributed by atoms with Gasteiger partial charge in [-0.05, 0) is 53.9 Å². The standard InChI is InChI=1S/C24H18ClN3O/c25-19-7-8-22-20(12-19)21(13-23(27-22)17-6-3-10-26-14-17)24(29)28-11-9-16-4-1-2-5-18(16)15-28/h1-8,10,12-14H,9,11,15H2. The van der Waals surface area contributed by atoms with Crippen molar-refractivity contribution in [3.05, 3.63) is 94.8 Å². The number of amides is 1. The third-order valence-electron chi connectivity index (χ3n) is 5.38. The lowest BCUT2D eigenvalue weighted by Gasteiger charge is -2.29. The molecule has 2 aromatic heterocycles. The van der Waals surface area contributed by atoms with Crippen molar-refractivity contribution in [2.24, 2.45) is 0 Å². The Morgan fingerprint density at radius 1 is 1.00 bits per heavy atom. The molecule has 0 atom stereocenters. The summed E-state index contributed by atoms with van der Waals surface area (Å²) in [4.78, 5) is 24.4. The Balaban J connectivity index is 1.61. The maximum Gasteiger partial charge on any atom is 0.254 e. The lowest BCUT2D eigenvalue weighted by molar-refractivity contribution is 0.0736. The van der Waals surface area contributed by atoms with Crippen LogP contribution in [0.25, 0.3) is 22.2 Å². The molecule has 0 fully saturated rings. The maximum atomic E-state index is 13.6. The molecule has 1 amide bonds. The molecule has 0 saturated heterocycles. The molecule has 0 bridgehead atoms. The molecule has 0 aliphatic carbocycles. The van der Waals surface area contributed by atoms with E-state index in [0.29, 0.717) is 23.7 Å². The molecule has 2 aromatic carbocycles. The lowest BCUT2D eigenvalue weighted by Crippen LogP contribution is -2.36. The predicted octanol–water partition coefficient (Wildman–Crippen LogP) is 5.15. The molecule has 0 saturated carbocycles. The van der Waals surface area contributed by atoms with Crippen molar-refractivity contribution in [2.45, 2.75) is 13.0 Å². The second-order valence-corrected chi connectivity index (χ2v) is 7.64. The Bertz CT molecular complexity index is 1220. The summed E-state index contributed by atoms with van der Waals surface area (Å²) < 4.78 is 0. The molecule has 5 heteroatoms. The Kier molecular flexibility index (Phi) is 4.49. The van der Waals surface area contributed by atoms with Crippen LogP contribution in [-0.4, -0.2) is 27.3 Å². The van der Waals surface area contributed by atoms with Crippen LogP contribution in [0.3, 0.4) is 0 Å². The number of nitrogens with zero attached hydrogens (tertiary/aromatic N) is 3. The second-order valence-electron chi connectivity index (χ2n) is 7.20. The van der Waals surface area contributed by atoms with E-state index in [9.17, 15) is 4.79 Å². The number of hydrogen-bond acceptors (Lipinski definition) is 3. The second kappa shape index (κ2) is 7.30. The highest BCUT2D eigenvalue weighted by atomic mass is 35.5. The van der Waals surface area contributed by atoms with Gasteiger partial charge in [-0.15, -0.1) is 0 Å². The van der Waals surface area contributed by atoms with Crippen molar-refractivity contribution in [2.75, 3.05) is 6.54 Å². The summed E-state index contributed by atoms with van der Waals surface area (Å²) in [5.41, 5.74) is 5.49. The van der Waals surface area contributed by atoms with Gasteiger partial charge < -0.3 is 4.90 Å². The first-order valence-corrected chi connectivity index (χ1v) is 9.93.